The molecule has 2 unspecified atom stereocenters. The van der Waals surface area contributed by atoms with Crippen LogP contribution in [0.15, 0.2) is 29.3 Å². The van der Waals surface area contributed by atoms with E-state index in [1.165, 1.54) is 19.2 Å². The van der Waals surface area contributed by atoms with E-state index in [-0.39, 0.29) is 59.9 Å². The minimum atomic E-state index is -0.352. The maximum absolute atomic E-state index is 13.2. The molecule has 29 heavy (non-hydrogen) atoms. The summed E-state index contributed by atoms with van der Waals surface area (Å²) in [5.74, 6) is 0.0133. The molecule has 9 heteroatoms. The molecule has 1 aliphatic heterocycles. The lowest BCUT2D eigenvalue weighted by Gasteiger charge is -2.21. The van der Waals surface area contributed by atoms with Gasteiger partial charge in [-0.25, -0.2) is 4.39 Å². The third kappa shape index (κ3) is 7.79. The zero-order valence-electron chi connectivity index (χ0n) is 17.1. The molecule has 1 aliphatic rings. The number of nitrogens with zero attached hydrogens (tertiary/aromatic N) is 2. The van der Waals surface area contributed by atoms with Gasteiger partial charge in [0, 0.05) is 26.2 Å². The molecule has 1 aromatic rings. The molecule has 7 nitrogen and oxygen atoms in total. The number of carbonyl (C=O) groups is 2. The van der Waals surface area contributed by atoms with Crippen molar-refractivity contribution in [3.63, 3.8) is 0 Å². The van der Waals surface area contributed by atoms with Gasteiger partial charge in [0.1, 0.15) is 5.82 Å². The van der Waals surface area contributed by atoms with Crippen LogP contribution in [0.3, 0.4) is 0 Å². The normalized spacial score (nSPS) is 18.8. The summed E-state index contributed by atoms with van der Waals surface area (Å²) in [5, 5.41) is 6.02. The highest BCUT2D eigenvalue weighted by atomic mass is 127. The maximum Gasteiger partial charge on any atom is 0.310 e. The molecular weight excluding hydrogens is 490 g/mol. The van der Waals surface area contributed by atoms with Gasteiger partial charge >= 0.3 is 5.97 Å². The molecule has 162 valence electrons. The second-order valence-corrected chi connectivity index (χ2v) is 6.90. The Morgan fingerprint density at radius 1 is 1.31 bits per heavy atom. The fourth-order valence-corrected chi connectivity index (χ4v) is 3.28. The van der Waals surface area contributed by atoms with Crippen molar-refractivity contribution in [3.05, 3.63) is 35.6 Å². The van der Waals surface area contributed by atoms with Gasteiger partial charge < -0.3 is 20.3 Å². The lowest BCUT2D eigenvalue weighted by molar-refractivity contribution is -0.146. The topological polar surface area (TPSA) is 83.0 Å². The van der Waals surface area contributed by atoms with E-state index in [0.29, 0.717) is 31.7 Å². The van der Waals surface area contributed by atoms with Gasteiger partial charge in [0.25, 0.3) is 0 Å². The Balaban J connectivity index is 0.00000420. The molecule has 0 aliphatic carbocycles. The summed E-state index contributed by atoms with van der Waals surface area (Å²) in [4.78, 5) is 30.5. The van der Waals surface area contributed by atoms with Crippen molar-refractivity contribution in [2.75, 3.05) is 39.8 Å². The Labute approximate surface area is 188 Å². The molecule has 1 aromatic carbocycles. The van der Waals surface area contributed by atoms with Crippen LogP contribution >= 0.6 is 24.0 Å². The van der Waals surface area contributed by atoms with Crippen LogP contribution in [-0.4, -0.2) is 62.6 Å². The second kappa shape index (κ2) is 12.6. The molecule has 2 atom stereocenters. The number of halogens is 2. The summed E-state index contributed by atoms with van der Waals surface area (Å²) in [6.07, 6.45) is 0.131. The van der Waals surface area contributed by atoms with Crippen molar-refractivity contribution >= 4 is 41.8 Å². The lowest BCUT2D eigenvalue weighted by Crippen LogP contribution is -2.41. The number of hydrogen-bond donors (Lipinski definition) is 2. The van der Waals surface area contributed by atoms with Crippen molar-refractivity contribution in [1.82, 2.24) is 15.5 Å². The van der Waals surface area contributed by atoms with Gasteiger partial charge in [-0.05, 0) is 30.5 Å². The summed E-state index contributed by atoms with van der Waals surface area (Å²) >= 11 is 0. The van der Waals surface area contributed by atoms with Crippen LogP contribution in [-0.2, 0) is 20.7 Å². The third-order valence-electron chi connectivity index (χ3n) is 4.70. The van der Waals surface area contributed by atoms with Crippen LogP contribution < -0.4 is 10.6 Å². The highest BCUT2D eigenvalue weighted by Gasteiger charge is 2.36. The standard InChI is InChI=1S/C20H29FN4O3.HI/c1-4-22-20(25-12-14(2)17(13-25)19(27)28-3)24-9-8-23-18(26)11-15-6-5-7-16(21)10-15;/h5-7,10,14,17H,4,8-9,11-13H2,1-3H3,(H,22,24)(H,23,26);1H. The number of guanidine groups is 1. The van der Waals surface area contributed by atoms with Crippen molar-refractivity contribution in [2.45, 2.75) is 20.3 Å². The predicted octanol–water partition coefficient (Wildman–Crippen LogP) is 1.81. The fraction of sp³-hybridized carbons (Fsp3) is 0.550. The van der Waals surface area contributed by atoms with Crippen LogP contribution in [0.4, 0.5) is 4.39 Å². The van der Waals surface area contributed by atoms with Crippen LogP contribution in [0, 0.1) is 17.7 Å². The average Bonchev–Trinajstić information content (AvgIpc) is 3.05. The lowest BCUT2D eigenvalue weighted by atomic mass is 9.99. The van der Waals surface area contributed by atoms with Gasteiger partial charge in [0.2, 0.25) is 5.91 Å². The first-order valence-corrected chi connectivity index (χ1v) is 9.56. The molecule has 1 amide bonds. The van der Waals surface area contributed by atoms with Crippen LogP contribution in [0.2, 0.25) is 0 Å². The number of ether oxygens (including phenoxy) is 1. The van der Waals surface area contributed by atoms with Gasteiger partial charge in [-0.3, -0.25) is 14.6 Å². The van der Waals surface area contributed by atoms with Gasteiger partial charge in [-0.1, -0.05) is 19.1 Å². The van der Waals surface area contributed by atoms with Crippen LogP contribution in [0.25, 0.3) is 0 Å². The van der Waals surface area contributed by atoms with Crippen molar-refractivity contribution < 1.29 is 18.7 Å². The molecular formula is C20H30FIN4O3. The van der Waals surface area contributed by atoms with Crippen LogP contribution in [0.5, 0.6) is 0 Å². The fourth-order valence-electron chi connectivity index (χ4n) is 3.28. The van der Waals surface area contributed by atoms with E-state index < -0.39 is 0 Å². The van der Waals surface area contributed by atoms with Crippen LogP contribution in [0.1, 0.15) is 19.4 Å². The quantitative estimate of drug-likeness (QED) is 0.189. The number of hydrogen-bond acceptors (Lipinski definition) is 4. The first-order chi connectivity index (χ1) is 13.4. The molecule has 2 rings (SSSR count). The number of methoxy groups -OCH3 is 1. The first kappa shape index (κ1) is 25.1. The number of amides is 1. The van der Waals surface area contributed by atoms with Gasteiger partial charge in [-0.15, -0.1) is 24.0 Å². The third-order valence-corrected chi connectivity index (χ3v) is 4.70. The number of carbonyl (C=O) groups excluding carboxylic acids is 2. The molecule has 2 N–H and O–H groups in total. The second-order valence-electron chi connectivity index (χ2n) is 6.90. The van der Waals surface area contributed by atoms with Gasteiger partial charge in [-0.2, -0.15) is 0 Å². The number of benzene rings is 1. The number of likely N-dealkylation sites (tertiary alicyclic amines) is 1. The minimum absolute atomic E-state index is 0. The smallest absolute Gasteiger partial charge is 0.310 e. The van der Waals surface area contributed by atoms with Crippen molar-refractivity contribution in [3.8, 4) is 0 Å². The predicted molar refractivity (Wildman–Crippen MR) is 121 cm³/mol. The Kier molecular flexibility index (Phi) is 10.9. The van der Waals surface area contributed by atoms with Gasteiger partial charge in [0.05, 0.1) is 26.0 Å². The summed E-state index contributed by atoms with van der Waals surface area (Å²) in [6.45, 7) is 6.78. The number of rotatable bonds is 7. The number of esters is 1. The Bertz CT molecular complexity index is 717. The van der Waals surface area contributed by atoms with E-state index in [1.807, 2.05) is 18.7 Å². The minimum Gasteiger partial charge on any atom is -0.469 e. The Morgan fingerprint density at radius 2 is 2.07 bits per heavy atom. The van der Waals surface area contributed by atoms with E-state index in [1.54, 1.807) is 12.1 Å². The molecule has 0 aromatic heterocycles. The zero-order chi connectivity index (χ0) is 20.5. The SMILES string of the molecule is CCNC(=NCCNC(=O)Cc1cccc(F)c1)N1CC(C)C(C(=O)OC)C1.I. The molecule has 0 bridgehead atoms. The molecule has 1 saturated heterocycles. The van der Waals surface area contributed by atoms with E-state index in [9.17, 15) is 14.0 Å². The van der Waals surface area contributed by atoms with E-state index in [4.69, 9.17) is 4.74 Å². The summed E-state index contributed by atoms with van der Waals surface area (Å²) in [6, 6.07) is 6.01. The number of nitrogens with one attached hydrogen (secondary N) is 2. The summed E-state index contributed by atoms with van der Waals surface area (Å²) in [7, 11) is 1.41. The monoisotopic (exact) mass is 520 g/mol. The van der Waals surface area contributed by atoms with Crippen molar-refractivity contribution in [2.24, 2.45) is 16.8 Å². The molecule has 1 fully saturated rings. The largest absolute Gasteiger partial charge is 0.469 e. The van der Waals surface area contributed by atoms with Crippen molar-refractivity contribution in [1.29, 1.82) is 0 Å². The van der Waals surface area contributed by atoms with Gasteiger partial charge in [0.15, 0.2) is 5.96 Å². The highest BCUT2D eigenvalue weighted by Crippen LogP contribution is 2.24. The average molecular weight is 520 g/mol. The highest BCUT2D eigenvalue weighted by molar-refractivity contribution is 14.0. The Hall–Kier alpha value is -1.91. The molecule has 0 radical (unpaired) electrons. The zero-order valence-corrected chi connectivity index (χ0v) is 19.4. The number of aliphatic imine (C=N–C) groups is 1. The molecule has 0 saturated carbocycles. The van der Waals surface area contributed by atoms with E-state index >= 15 is 0 Å². The van der Waals surface area contributed by atoms with E-state index in [2.05, 4.69) is 15.6 Å². The molecule has 1 heterocycles. The summed E-state index contributed by atoms with van der Waals surface area (Å²) < 4.78 is 18.0. The van der Waals surface area contributed by atoms with E-state index in [0.717, 1.165) is 12.5 Å². The first-order valence-electron chi connectivity index (χ1n) is 9.56. The summed E-state index contributed by atoms with van der Waals surface area (Å²) in [5.41, 5.74) is 0.634. The maximum atomic E-state index is 13.2. The molecule has 0 spiro atoms. The Morgan fingerprint density at radius 3 is 2.72 bits per heavy atom.